The Morgan fingerprint density at radius 2 is 1.47 bits per heavy atom. The number of aliphatic hydroxyl groups is 1. The first-order chi connectivity index (χ1) is 28.4. The molecule has 1 aliphatic carbocycles. The normalized spacial score (nSPS) is 13.3. The number of hydrogen-bond donors (Lipinski definition) is 6. The van der Waals surface area contributed by atoms with Crippen molar-refractivity contribution in [1.82, 2.24) is 26.0 Å². The molecule has 2 aromatic rings. The summed E-state index contributed by atoms with van der Waals surface area (Å²) in [7, 11) is 3.14. The summed E-state index contributed by atoms with van der Waals surface area (Å²) in [6, 6.07) is 13.9. The Hall–Kier alpha value is -4.81. The molecule has 0 spiro atoms. The van der Waals surface area contributed by atoms with E-state index in [1.807, 2.05) is 19.9 Å². The van der Waals surface area contributed by atoms with Crippen molar-refractivity contribution in [2.75, 3.05) is 54.2 Å². The number of hydrogen-bond acceptors (Lipinski definition) is 10. The van der Waals surface area contributed by atoms with E-state index in [1.165, 1.54) is 33.3 Å². The minimum absolute atomic E-state index is 0.0115. The monoisotopic (exact) mass is 869 g/mol. The molecule has 1 aliphatic rings. The molecule has 0 saturated heterocycles. The van der Waals surface area contributed by atoms with Crippen LogP contribution in [0.15, 0.2) is 85.5 Å². The summed E-state index contributed by atoms with van der Waals surface area (Å²) in [6.07, 6.45) is 9.30. The van der Waals surface area contributed by atoms with Crippen LogP contribution in [0.5, 0.6) is 5.75 Å². The fraction of sp³-hybridized carbons (Fsp3) is 0.488. The molecule has 14 nitrogen and oxygen atoms in total. The molecule has 1 fully saturated rings. The molecule has 0 aliphatic heterocycles. The predicted octanol–water partition coefficient (Wildman–Crippen LogP) is 4.93. The Morgan fingerprint density at radius 1 is 0.933 bits per heavy atom. The Morgan fingerprint density at radius 3 is 1.90 bits per heavy atom. The molecule has 0 radical (unpaired) electrons. The van der Waals surface area contributed by atoms with E-state index < -0.39 is 39.8 Å². The van der Waals surface area contributed by atoms with Gasteiger partial charge < -0.3 is 40.6 Å². The smallest absolute Gasteiger partial charge is 0.249 e. The van der Waals surface area contributed by atoms with Gasteiger partial charge in [-0.2, -0.15) is 0 Å². The number of ether oxygens (including phenoxy) is 2. The van der Waals surface area contributed by atoms with Crippen LogP contribution in [0.1, 0.15) is 70.9 Å². The van der Waals surface area contributed by atoms with Gasteiger partial charge in [0.2, 0.25) is 27.7 Å². The van der Waals surface area contributed by atoms with Gasteiger partial charge in [-0.25, -0.2) is 21.9 Å². The molecule has 0 heterocycles. The molecular weight excluding hydrogens is 801 g/mol. The molecule has 60 heavy (non-hydrogen) atoms. The zero-order valence-corrected chi connectivity index (χ0v) is 37.3. The number of methoxy groups -OCH3 is 2. The molecule has 0 bridgehead atoms. The molecule has 3 atom stereocenters. The van der Waals surface area contributed by atoms with Gasteiger partial charge in [-0.1, -0.05) is 94.8 Å². The van der Waals surface area contributed by atoms with Crippen LogP contribution in [0.2, 0.25) is 0 Å². The van der Waals surface area contributed by atoms with Crippen molar-refractivity contribution in [3.8, 4) is 5.75 Å². The van der Waals surface area contributed by atoms with Gasteiger partial charge in [0.1, 0.15) is 30.3 Å². The second-order valence-electron chi connectivity index (χ2n) is 12.9. The number of carbonyl (C=O) groups is 4. The summed E-state index contributed by atoms with van der Waals surface area (Å²) in [5.74, 6) is -1.97. The second-order valence-corrected chi connectivity index (χ2v) is 14.9. The van der Waals surface area contributed by atoms with Gasteiger partial charge in [-0.3, -0.25) is 14.4 Å². The third kappa shape index (κ3) is 32.1. The van der Waals surface area contributed by atoms with Crippen LogP contribution in [0.3, 0.4) is 0 Å². The molecule has 3 amide bonds. The molecular formula is C43H69F2N5O9S. The van der Waals surface area contributed by atoms with Gasteiger partial charge in [-0.05, 0) is 45.0 Å². The van der Waals surface area contributed by atoms with Crippen LogP contribution in [0, 0.1) is 17.6 Å². The van der Waals surface area contributed by atoms with Crippen LogP contribution in [-0.4, -0.2) is 104 Å². The van der Waals surface area contributed by atoms with Crippen LogP contribution in [0.4, 0.5) is 8.78 Å². The van der Waals surface area contributed by atoms with Gasteiger partial charge in [0.25, 0.3) is 0 Å². The van der Waals surface area contributed by atoms with Crippen molar-refractivity contribution in [2.45, 2.75) is 77.5 Å². The van der Waals surface area contributed by atoms with Crippen molar-refractivity contribution < 1.29 is 51.0 Å². The number of amides is 3. The van der Waals surface area contributed by atoms with Crippen molar-refractivity contribution in [3.63, 3.8) is 0 Å². The van der Waals surface area contributed by atoms with E-state index in [9.17, 15) is 36.7 Å². The fourth-order valence-electron chi connectivity index (χ4n) is 4.64. The number of sulfonamides is 1. The Bertz CT molecular complexity index is 1610. The predicted molar refractivity (Wildman–Crippen MR) is 235 cm³/mol. The van der Waals surface area contributed by atoms with E-state index >= 15 is 0 Å². The van der Waals surface area contributed by atoms with Gasteiger partial charge in [0.15, 0.2) is 0 Å². The first-order valence-corrected chi connectivity index (χ1v) is 21.2. The highest BCUT2D eigenvalue weighted by atomic mass is 32.2. The van der Waals surface area contributed by atoms with Gasteiger partial charge in [0.05, 0.1) is 26.0 Å². The lowest BCUT2D eigenvalue weighted by atomic mass is 10.1. The minimum atomic E-state index is -2.91. The second kappa shape index (κ2) is 37.2. The zero-order chi connectivity index (χ0) is 46.5. The molecule has 340 valence electrons. The number of halogens is 2. The number of aliphatic hydroxyl groups excluding tert-OH is 1. The van der Waals surface area contributed by atoms with Crippen LogP contribution in [-0.2, 0) is 33.9 Å². The molecule has 0 unspecified atom stereocenters. The lowest BCUT2D eigenvalue weighted by Gasteiger charge is -2.19. The lowest BCUT2D eigenvalue weighted by molar-refractivity contribution is -0.134. The van der Waals surface area contributed by atoms with Crippen LogP contribution < -0.4 is 30.7 Å². The van der Waals surface area contributed by atoms with Crippen molar-refractivity contribution >= 4 is 34.5 Å². The number of rotatable bonds is 17. The lowest BCUT2D eigenvalue weighted by Crippen LogP contribution is -2.44. The standard InChI is InChI=1S/C21H33N3O5.C9H13N.C7H6F2O.C3H8.C2H7NO2S.CH2O/c1-4-8-15(5-2)12-22-19(26)14-24-21(28)18(29-3)11-17(25)13-23-20(27)16-9-6-7-10-16;1-8(10-2)9-6-4-3-5-7-9;1-10-7-3-5(8)2-6(9)4-7;1-3-2;1-3-6(2,4)5;1-2/h4-5,8,16-18,25H,1-2,6-7,9-14H2,3H3,(H,22,26)(H,23,27)(H,24,28);3-8,10H,1-2H3;2-4H,1H3;3H2,1-2H3;3H,1-2H3;1H2/b15-8+;;;;;/t17-,18+;8-;;;;/m00..../s1. The summed E-state index contributed by atoms with van der Waals surface area (Å²) in [5.41, 5.74) is 2.13. The molecule has 6 N–H and O–H groups in total. The first kappa shape index (κ1) is 59.5. The van der Waals surface area contributed by atoms with Gasteiger partial charge in [0, 0.05) is 56.8 Å². The molecule has 17 heteroatoms. The summed E-state index contributed by atoms with van der Waals surface area (Å²) in [5, 5.41) is 21.2. The van der Waals surface area contributed by atoms with Crippen LogP contribution >= 0.6 is 0 Å². The van der Waals surface area contributed by atoms with Crippen molar-refractivity contribution in [1.29, 1.82) is 0 Å². The number of benzene rings is 2. The van der Waals surface area contributed by atoms with E-state index in [-0.39, 0.29) is 49.5 Å². The average Bonchev–Trinajstić information content (AvgIpc) is 3.79. The SMILES string of the molecule is C=C/C=C(\C=C)CNC(=O)CNC(=O)[C@@H](C[C@H](O)CNC(=O)C1CCCC1)OC.C=O.CCC.CNS(C)(=O)=O.CN[C@@H](C)c1ccccc1.COc1cc(F)cc(F)c1. The maximum atomic E-state index is 12.3. The van der Waals surface area contributed by atoms with E-state index in [1.54, 1.807) is 18.2 Å². The Kier molecular flexibility index (Phi) is 36.9. The van der Waals surface area contributed by atoms with Crippen molar-refractivity contribution in [2.24, 2.45) is 5.92 Å². The number of carbonyl (C=O) groups excluding carboxylic acids is 4. The zero-order valence-electron chi connectivity index (χ0n) is 36.5. The average molecular weight is 870 g/mol. The highest BCUT2D eigenvalue weighted by Gasteiger charge is 2.25. The molecule has 2 aromatic carbocycles. The largest absolute Gasteiger partial charge is 0.497 e. The highest BCUT2D eigenvalue weighted by molar-refractivity contribution is 7.88. The van der Waals surface area contributed by atoms with E-state index in [0.717, 1.165) is 55.7 Å². The van der Waals surface area contributed by atoms with Crippen LogP contribution in [0.25, 0.3) is 0 Å². The first-order valence-electron chi connectivity index (χ1n) is 19.3. The Labute approximate surface area is 356 Å². The third-order valence-corrected chi connectivity index (χ3v) is 8.72. The summed E-state index contributed by atoms with van der Waals surface area (Å²) in [6.45, 7) is 15.7. The van der Waals surface area contributed by atoms with Gasteiger partial charge in [-0.15, -0.1) is 0 Å². The molecule has 0 aromatic heterocycles. The van der Waals surface area contributed by atoms with Crippen molar-refractivity contribution in [3.05, 3.63) is 103 Å². The topological polar surface area (TPSA) is 201 Å². The van der Waals surface area contributed by atoms with Gasteiger partial charge >= 0.3 is 0 Å². The quantitative estimate of drug-likeness (QED) is 0.119. The fourth-order valence-corrected chi connectivity index (χ4v) is 4.64. The minimum Gasteiger partial charge on any atom is -0.497 e. The third-order valence-electron chi connectivity index (χ3n) is 7.98. The van der Waals surface area contributed by atoms with E-state index in [0.29, 0.717) is 6.04 Å². The van der Waals surface area contributed by atoms with E-state index in [2.05, 4.69) is 88.9 Å². The highest BCUT2D eigenvalue weighted by Crippen LogP contribution is 2.24. The maximum absolute atomic E-state index is 12.3. The Balaban J connectivity index is -0.000000844. The molecule has 1 saturated carbocycles. The number of allylic oxidation sites excluding steroid dienone is 2. The summed E-state index contributed by atoms with van der Waals surface area (Å²) >= 11 is 0. The molecule has 3 rings (SSSR count). The van der Waals surface area contributed by atoms with E-state index in [4.69, 9.17) is 9.53 Å². The summed E-state index contributed by atoms with van der Waals surface area (Å²) < 4.78 is 56.2. The summed E-state index contributed by atoms with van der Waals surface area (Å²) in [4.78, 5) is 44.1. The maximum Gasteiger partial charge on any atom is 0.249 e. The number of nitrogens with one attached hydrogen (secondary N) is 5.